The highest BCUT2D eigenvalue weighted by Gasteiger charge is 2.27. The zero-order valence-electron chi connectivity index (χ0n) is 11.9. The van der Waals surface area contributed by atoms with Gasteiger partial charge < -0.3 is 15.0 Å². The number of ether oxygens (including phenoxy) is 1. The molecule has 0 aliphatic carbocycles. The number of halogens is 1. The van der Waals surface area contributed by atoms with Crippen LogP contribution >= 0.6 is 0 Å². The largest absolute Gasteiger partial charge is 0.370 e. The summed E-state index contributed by atoms with van der Waals surface area (Å²) < 4.78 is 19.4. The average molecular weight is 280 g/mol. The highest BCUT2D eigenvalue weighted by atomic mass is 19.1. The zero-order valence-corrected chi connectivity index (χ0v) is 11.9. The third kappa shape index (κ3) is 3.48. The third-order valence-electron chi connectivity index (χ3n) is 3.59. The van der Waals surface area contributed by atoms with Crippen molar-refractivity contribution in [3.8, 4) is 0 Å². The van der Waals surface area contributed by atoms with Crippen LogP contribution in [0.25, 0.3) is 0 Å². The second kappa shape index (κ2) is 6.70. The molecule has 4 nitrogen and oxygen atoms in total. The lowest BCUT2D eigenvalue weighted by atomic mass is 10.1. The molecular formula is C15H21FN2O2. The van der Waals surface area contributed by atoms with Gasteiger partial charge in [-0.05, 0) is 19.4 Å². The number of hydrogen-bond donors (Lipinski definition) is 1. The zero-order chi connectivity index (χ0) is 14.5. The molecule has 1 N–H and O–H groups in total. The van der Waals surface area contributed by atoms with Crippen LogP contribution < -0.4 is 5.32 Å². The van der Waals surface area contributed by atoms with Crippen LogP contribution in [0.15, 0.2) is 24.3 Å². The van der Waals surface area contributed by atoms with Crippen molar-refractivity contribution in [2.75, 3.05) is 19.7 Å². The second-order valence-corrected chi connectivity index (χ2v) is 5.09. The number of amides is 2. The van der Waals surface area contributed by atoms with Gasteiger partial charge in [0.15, 0.2) is 0 Å². The molecule has 0 saturated carbocycles. The van der Waals surface area contributed by atoms with Gasteiger partial charge in [0.05, 0.1) is 13.2 Å². The van der Waals surface area contributed by atoms with Gasteiger partial charge in [-0.1, -0.05) is 25.1 Å². The first-order valence-corrected chi connectivity index (χ1v) is 7.03. The van der Waals surface area contributed by atoms with Gasteiger partial charge in [-0.15, -0.1) is 0 Å². The minimum atomic E-state index is -0.396. The molecule has 2 atom stereocenters. The van der Waals surface area contributed by atoms with Crippen molar-refractivity contribution in [3.05, 3.63) is 35.6 Å². The molecule has 20 heavy (non-hydrogen) atoms. The Morgan fingerprint density at radius 1 is 1.55 bits per heavy atom. The van der Waals surface area contributed by atoms with E-state index in [4.69, 9.17) is 4.74 Å². The van der Waals surface area contributed by atoms with Crippen LogP contribution in [0.1, 0.15) is 31.9 Å². The average Bonchev–Trinajstić information content (AvgIpc) is 2.47. The number of urea groups is 1. The van der Waals surface area contributed by atoms with Crippen LogP contribution in [0.3, 0.4) is 0 Å². The number of carbonyl (C=O) groups excluding carboxylic acids is 1. The van der Waals surface area contributed by atoms with Crippen LogP contribution in [0, 0.1) is 5.82 Å². The number of benzene rings is 1. The van der Waals surface area contributed by atoms with E-state index < -0.39 is 6.10 Å². The Balaban J connectivity index is 2.02. The molecule has 0 spiro atoms. The van der Waals surface area contributed by atoms with Crippen LogP contribution in [0.4, 0.5) is 9.18 Å². The van der Waals surface area contributed by atoms with Gasteiger partial charge >= 0.3 is 6.03 Å². The van der Waals surface area contributed by atoms with Crippen molar-refractivity contribution in [2.24, 2.45) is 0 Å². The molecule has 1 heterocycles. The minimum absolute atomic E-state index is 0.107. The summed E-state index contributed by atoms with van der Waals surface area (Å²) in [7, 11) is 0. The Labute approximate surface area is 118 Å². The van der Waals surface area contributed by atoms with E-state index in [-0.39, 0.29) is 17.9 Å². The standard InChI is InChI=1S/C15H21FN2O2/c1-3-11(2)17-15(19)18-8-9-20-14(10-18)12-6-4-5-7-13(12)16/h4-7,11,14H,3,8-10H2,1-2H3,(H,17,19). The molecule has 1 fully saturated rings. The molecule has 0 aromatic heterocycles. The van der Waals surface area contributed by atoms with E-state index in [2.05, 4.69) is 5.32 Å². The molecule has 1 aliphatic rings. The summed E-state index contributed by atoms with van der Waals surface area (Å²) in [5.74, 6) is -0.290. The van der Waals surface area contributed by atoms with Crippen molar-refractivity contribution in [2.45, 2.75) is 32.4 Å². The quantitative estimate of drug-likeness (QED) is 0.925. The fourth-order valence-electron chi connectivity index (χ4n) is 2.16. The number of nitrogens with zero attached hydrogens (tertiary/aromatic N) is 1. The van der Waals surface area contributed by atoms with Crippen LogP contribution in [0.5, 0.6) is 0 Å². The van der Waals surface area contributed by atoms with E-state index in [1.165, 1.54) is 6.07 Å². The minimum Gasteiger partial charge on any atom is -0.370 e. The Morgan fingerprint density at radius 2 is 2.30 bits per heavy atom. The lowest BCUT2D eigenvalue weighted by Gasteiger charge is -2.34. The highest BCUT2D eigenvalue weighted by Crippen LogP contribution is 2.24. The molecule has 1 aliphatic heterocycles. The fraction of sp³-hybridized carbons (Fsp3) is 0.533. The van der Waals surface area contributed by atoms with Crippen molar-refractivity contribution in [1.82, 2.24) is 10.2 Å². The predicted molar refractivity (Wildman–Crippen MR) is 75.0 cm³/mol. The molecule has 0 bridgehead atoms. The molecule has 5 heteroatoms. The SMILES string of the molecule is CCC(C)NC(=O)N1CCOC(c2ccccc2F)C1. The number of nitrogens with one attached hydrogen (secondary N) is 1. The summed E-state index contributed by atoms with van der Waals surface area (Å²) in [6, 6.07) is 6.57. The van der Waals surface area contributed by atoms with Crippen molar-refractivity contribution >= 4 is 6.03 Å². The summed E-state index contributed by atoms with van der Waals surface area (Å²) in [6.07, 6.45) is 0.486. The molecule has 110 valence electrons. The van der Waals surface area contributed by atoms with Crippen LogP contribution in [-0.4, -0.2) is 36.7 Å². The first-order valence-electron chi connectivity index (χ1n) is 7.03. The van der Waals surface area contributed by atoms with Crippen molar-refractivity contribution in [1.29, 1.82) is 0 Å². The monoisotopic (exact) mass is 280 g/mol. The van der Waals surface area contributed by atoms with Crippen molar-refractivity contribution < 1.29 is 13.9 Å². The normalized spacial score (nSPS) is 20.6. The van der Waals surface area contributed by atoms with E-state index >= 15 is 0 Å². The highest BCUT2D eigenvalue weighted by molar-refractivity contribution is 5.74. The maximum absolute atomic E-state index is 13.8. The van der Waals surface area contributed by atoms with Gasteiger partial charge in [0, 0.05) is 18.2 Å². The Kier molecular flexibility index (Phi) is 4.95. The van der Waals surface area contributed by atoms with E-state index in [9.17, 15) is 9.18 Å². The molecule has 1 saturated heterocycles. The molecule has 0 radical (unpaired) electrons. The lowest BCUT2D eigenvalue weighted by molar-refractivity contribution is -0.0174. The van der Waals surface area contributed by atoms with Crippen LogP contribution in [0.2, 0.25) is 0 Å². The second-order valence-electron chi connectivity index (χ2n) is 5.09. The van der Waals surface area contributed by atoms with Gasteiger partial charge in [0.1, 0.15) is 11.9 Å². The van der Waals surface area contributed by atoms with Gasteiger partial charge in [-0.2, -0.15) is 0 Å². The smallest absolute Gasteiger partial charge is 0.317 e. The maximum Gasteiger partial charge on any atom is 0.317 e. The summed E-state index contributed by atoms with van der Waals surface area (Å²) in [5, 5.41) is 2.92. The van der Waals surface area contributed by atoms with E-state index in [1.807, 2.05) is 13.8 Å². The predicted octanol–water partition coefficient (Wildman–Crippen LogP) is 2.71. The topological polar surface area (TPSA) is 41.6 Å². The summed E-state index contributed by atoms with van der Waals surface area (Å²) in [6.45, 7) is 5.32. The molecule has 2 unspecified atom stereocenters. The summed E-state index contributed by atoms with van der Waals surface area (Å²) >= 11 is 0. The Bertz CT molecular complexity index is 467. The number of rotatable bonds is 3. The number of hydrogen-bond acceptors (Lipinski definition) is 2. The molecule has 1 aromatic carbocycles. The van der Waals surface area contributed by atoms with Crippen LogP contribution in [-0.2, 0) is 4.74 Å². The fourth-order valence-corrected chi connectivity index (χ4v) is 2.16. The Hall–Kier alpha value is -1.62. The van der Waals surface area contributed by atoms with Crippen molar-refractivity contribution in [3.63, 3.8) is 0 Å². The van der Waals surface area contributed by atoms with E-state index in [0.717, 1.165) is 6.42 Å². The first kappa shape index (κ1) is 14.8. The number of morpholine rings is 1. The van der Waals surface area contributed by atoms with Gasteiger partial charge in [0.25, 0.3) is 0 Å². The molecule has 2 rings (SSSR count). The third-order valence-corrected chi connectivity index (χ3v) is 3.59. The maximum atomic E-state index is 13.8. The molecular weight excluding hydrogens is 259 g/mol. The number of carbonyl (C=O) groups is 1. The summed E-state index contributed by atoms with van der Waals surface area (Å²) in [5.41, 5.74) is 0.508. The van der Waals surface area contributed by atoms with Gasteiger partial charge in [-0.25, -0.2) is 9.18 Å². The summed E-state index contributed by atoms with van der Waals surface area (Å²) in [4.78, 5) is 13.8. The lowest BCUT2D eigenvalue weighted by Crippen LogP contribution is -2.49. The first-order chi connectivity index (χ1) is 9.61. The van der Waals surface area contributed by atoms with Gasteiger partial charge in [-0.3, -0.25) is 0 Å². The molecule has 2 amide bonds. The molecule has 1 aromatic rings. The van der Waals surface area contributed by atoms with E-state index in [1.54, 1.807) is 23.1 Å². The Morgan fingerprint density at radius 3 is 3.00 bits per heavy atom. The van der Waals surface area contributed by atoms with Gasteiger partial charge in [0.2, 0.25) is 0 Å². The van der Waals surface area contributed by atoms with E-state index in [0.29, 0.717) is 25.3 Å².